The molecule has 0 radical (unpaired) electrons. The van der Waals surface area contributed by atoms with E-state index in [0.29, 0.717) is 12.0 Å². The zero-order valence-corrected chi connectivity index (χ0v) is 9.16. The summed E-state index contributed by atoms with van der Waals surface area (Å²) in [6, 6.07) is 8.81. The Morgan fingerprint density at radius 2 is 1.93 bits per heavy atom. The van der Waals surface area contributed by atoms with E-state index in [1.165, 1.54) is 6.92 Å². The van der Waals surface area contributed by atoms with E-state index in [2.05, 4.69) is 6.58 Å². The van der Waals surface area contributed by atoms with Gasteiger partial charge >= 0.3 is 0 Å². The van der Waals surface area contributed by atoms with Crippen molar-refractivity contribution in [2.45, 2.75) is 25.9 Å². The minimum absolute atomic E-state index is 0.258. The highest BCUT2D eigenvalue weighted by atomic mass is 16.3. The number of hydrogen-bond donors (Lipinski definition) is 1. The number of aliphatic hydroxyl groups is 1. The van der Waals surface area contributed by atoms with Crippen molar-refractivity contribution < 1.29 is 9.90 Å². The molecule has 1 rings (SSSR count). The molecule has 0 saturated carbocycles. The number of ketones is 1. The van der Waals surface area contributed by atoms with E-state index >= 15 is 0 Å². The van der Waals surface area contributed by atoms with Crippen LogP contribution in [0.4, 0.5) is 0 Å². The van der Waals surface area contributed by atoms with Crippen molar-refractivity contribution >= 4 is 5.78 Å². The van der Waals surface area contributed by atoms with Gasteiger partial charge in [0.2, 0.25) is 0 Å². The summed E-state index contributed by atoms with van der Waals surface area (Å²) >= 11 is 0. The third-order valence-corrected chi connectivity index (χ3v) is 2.17. The largest absolute Gasteiger partial charge is 0.382 e. The van der Waals surface area contributed by atoms with Crippen LogP contribution in [0.2, 0.25) is 0 Å². The molecule has 0 aromatic heterocycles. The lowest BCUT2D eigenvalue weighted by Crippen LogP contribution is -2.35. The molecule has 15 heavy (non-hydrogen) atoms. The topological polar surface area (TPSA) is 37.3 Å². The molecule has 0 spiro atoms. The molecule has 0 saturated heterocycles. The minimum atomic E-state index is -1.35. The first-order chi connectivity index (χ1) is 6.93. The Morgan fingerprint density at radius 3 is 2.40 bits per heavy atom. The molecular weight excluding hydrogens is 188 g/mol. The van der Waals surface area contributed by atoms with Crippen LogP contribution >= 0.6 is 0 Å². The van der Waals surface area contributed by atoms with Gasteiger partial charge < -0.3 is 5.11 Å². The van der Waals surface area contributed by atoms with E-state index in [1.807, 2.05) is 6.07 Å². The fraction of sp³-hybridized carbons (Fsp3) is 0.308. The summed E-state index contributed by atoms with van der Waals surface area (Å²) in [4.78, 5) is 11.9. The van der Waals surface area contributed by atoms with E-state index < -0.39 is 5.60 Å². The van der Waals surface area contributed by atoms with Crippen LogP contribution in [0.15, 0.2) is 42.5 Å². The fourth-order valence-corrected chi connectivity index (χ4v) is 1.57. The molecule has 1 unspecified atom stereocenters. The molecule has 0 heterocycles. The van der Waals surface area contributed by atoms with Gasteiger partial charge in [0.1, 0.15) is 5.60 Å². The highest BCUT2D eigenvalue weighted by Crippen LogP contribution is 2.20. The van der Waals surface area contributed by atoms with E-state index in [1.54, 1.807) is 31.2 Å². The molecule has 2 nitrogen and oxygen atoms in total. The third kappa shape index (κ3) is 3.03. The van der Waals surface area contributed by atoms with Crippen molar-refractivity contribution in [3.8, 4) is 0 Å². The minimum Gasteiger partial charge on any atom is -0.382 e. The second-order valence-corrected chi connectivity index (χ2v) is 4.10. The summed E-state index contributed by atoms with van der Waals surface area (Å²) in [5, 5.41) is 10.00. The highest BCUT2D eigenvalue weighted by molar-refractivity contribution is 6.02. The number of rotatable bonds is 4. The molecular formula is C13H16O2. The summed E-state index contributed by atoms with van der Waals surface area (Å²) in [5.41, 5.74) is -0.0271. The summed E-state index contributed by atoms with van der Waals surface area (Å²) in [6.45, 7) is 7.03. The predicted molar refractivity (Wildman–Crippen MR) is 60.8 cm³/mol. The monoisotopic (exact) mass is 204 g/mol. The number of hydrogen-bond acceptors (Lipinski definition) is 2. The molecule has 0 bridgehead atoms. The van der Waals surface area contributed by atoms with Gasteiger partial charge in [0, 0.05) is 12.0 Å². The Labute approximate surface area is 90.3 Å². The van der Waals surface area contributed by atoms with Crippen LogP contribution in [-0.2, 0) is 0 Å². The number of carbonyl (C=O) groups excluding carboxylic acids is 1. The Hall–Kier alpha value is -1.41. The van der Waals surface area contributed by atoms with Gasteiger partial charge in [-0.15, -0.1) is 6.58 Å². The standard InChI is InChI=1S/C13H16O2/c1-10(2)9-13(3,15)12(14)11-7-5-4-6-8-11/h4-8,15H,1,9H2,2-3H3. The Morgan fingerprint density at radius 1 is 1.40 bits per heavy atom. The van der Waals surface area contributed by atoms with Crippen LogP contribution in [0.1, 0.15) is 30.6 Å². The van der Waals surface area contributed by atoms with E-state index in [0.717, 1.165) is 5.57 Å². The number of carbonyl (C=O) groups is 1. The van der Waals surface area contributed by atoms with Crippen LogP contribution in [0.25, 0.3) is 0 Å². The quantitative estimate of drug-likeness (QED) is 0.604. The number of benzene rings is 1. The van der Waals surface area contributed by atoms with Crippen LogP contribution < -0.4 is 0 Å². The van der Waals surface area contributed by atoms with E-state index in [9.17, 15) is 9.90 Å². The van der Waals surface area contributed by atoms with Crippen molar-refractivity contribution in [3.63, 3.8) is 0 Å². The smallest absolute Gasteiger partial charge is 0.194 e. The maximum absolute atomic E-state index is 11.9. The average Bonchev–Trinajstić information content (AvgIpc) is 2.16. The van der Waals surface area contributed by atoms with Gasteiger partial charge in [-0.1, -0.05) is 35.9 Å². The van der Waals surface area contributed by atoms with E-state index in [4.69, 9.17) is 0 Å². The van der Waals surface area contributed by atoms with Gasteiger partial charge in [0.15, 0.2) is 5.78 Å². The van der Waals surface area contributed by atoms with Gasteiger partial charge in [-0.05, 0) is 13.8 Å². The van der Waals surface area contributed by atoms with Crippen LogP contribution in [0.5, 0.6) is 0 Å². The molecule has 2 heteroatoms. The Kier molecular flexibility index (Phi) is 3.43. The lowest BCUT2D eigenvalue weighted by atomic mass is 9.89. The SMILES string of the molecule is C=C(C)CC(C)(O)C(=O)c1ccccc1. The van der Waals surface area contributed by atoms with Crippen LogP contribution in [-0.4, -0.2) is 16.5 Å². The van der Waals surface area contributed by atoms with Crippen LogP contribution in [0, 0.1) is 0 Å². The van der Waals surface area contributed by atoms with Gasteiger partial charge in [0.05, 0.1) is 0 Å². The molecule has 80 valence electrons. The summed E-state index contributed by atoms with van der Waals surface area (Å²) in [6.07, 6.45) is 0.292. The highest BCUT2D eigenvalue weighted by Gasteiger charge is 2.30. The van der Waals surface area contributed by atoms with Crippen molar-refractivity contribution in [2.75, 3.05) is 0 Å². The molecule has 1 aromatic rings. The molecule has 1 aromatic carbocycles. The Balaban J connectivity index is 2.89. The lowest BCUT2D eigenvalue weighted by Gasteiger charge is -2.21. The van der Waals surface area contributed by atoms with Crippen molar-refractivity contribution in [2.24, 2.45) is 0 Å². The predicted octanol–water partition coefficient (Wildman–Crippen LogP) is 2.59. The van der Waals surface area contributed by atoms with Gasteiger partial charge in [-0.2, -0.15) is 0 Å². The average molecular weight is 204 g/mol. The second kappa shape index (κ2) is 4.41. The summed E-state index contributed by atoms with van der Waals surface area (Å²) in [7, 11) is 0. The third-order valence-electron chi connectivity index (χ3n) is 2.17. The van der Waals surface area contributed by atoms with Crippen LogP contribution in [0.3, 0.4) is 0 Å². The molecule has 1 atom stereocenters. The van der Waals surface area contributed by atoms with Crippen molar-refractivity contribution in [1.82, 2.24) is 0 Å². The van der Waals surface area contributed by atoms with Crippen molar-refractivity contribution in [1.29, 1.82) is 0 Å². The van der Waals surface area contributed by atoms with E-state index in [-0.39, 0.29) is 5.78 Å². The van der Waals surface area contributed by atoms with Gasteiger partial charge in [0.25, 0.3) is 0 Å². The molecule has 1 N–H and O–H groups in total. The molecule has 0 amide bonds. The fourth-order valence-electron chi connectivity index (χ4n) is 1.57. The normalized spacial score (nSPS) is 14.3. The first-order valence-electron chi connectivity index (χ1n) is 4.90. The maximum Gasteiger partial charge on any atom is 0.194 e. The second-order valence-electron chi connectivity index (χ2n) is 4.10. The first kappa shape index (κ1) is 11.7. The maximum atomic E-state index is 11.9. The first-order valence-corrected chi connectivity index (χ1v) is 4.90. The van der Waals surface area contributed by atoms with Crippen molar-refractivity contribution in [3.05, 3.63) is 48.0 Å². The van der Waals surface area contributed by atoms with Gasteiger partial charge in [-0.25, -0.2) is 0 Å². The zero-order chi connectivity index (χ0) is 11.5. The molecule has 0 fully saturated rings. The Bertz CT molecular complexity index is 363. The molecule has 0 aliphatic heterocycles. The van der Waals surface area contributed by atoms with Gasteiger partial charge in [-0.3, -0.25) is 4.79 Å². The molecule has 0 aliphatic rings. The zero-order valence-electron chi connectivity index (χ0n) is 9.16. The summed E-state index contributed by atoms with van der Waals surface area (Å²) in [5.74, 6) is -0.258. The molecule has 0 aliphatic carbocycles. The number of Topliss-reactive ketones (excluding diaryl/α,β-unsaturated/α-hetero) is 1. The summed E-state index contributed by atoms with van der Waals surface area (Å²) < 4.78 is 0. The lowest BCUT2D eigenvalue weighted by molar-refractivity contribution is 0.0409.